The van der Waals surface area contributed by atoms with Crippen molar-refractivity contribution in [2.24, 2.45) is 0 Å². The molecule has 0 bridgehead atoms. The minimum absolute atomic E-state index is 0.168. The van der Waals surface area contributed by atoms with Gasteiger partial charge in [0.15, 0.2) is 5.13 Å². The average molecular weight is 326 g/mol. The standard InChI is InChI=1S/C15H20ClN3OS/c1-3-10(2)20-14-5-4-11(6-13(14)16)7-18-8-12-9-21-15(17)19-12/h4-6,9-10,18H,3,7-8H2,1-2H3,(H2,17,19). The van der Waals surface area contributed by atoms with Gasteiger partial charge in [-0.2, -0.15) is 0 Å². The molecule has 0 saturated carbocycles. The molecule has 3 N–H and O–H groups in total. The molecule has 6 heteroatoms. The Kier molecular flexibility index (Phi) is 5.85. The summed E-state index contributed by atoms with van der Waals surface area (Å²) in [6, 6.07) is 5.88. The zero-order valence-corrected chi connectivity index (χ0v) is 13.8. The van der Waals surface area contributed by atoms with E-state index in [9.17, 15) is 0 Å². The number of nitrogens with zero attached hydrogens (tertiary/aromatic N) is 1. The minimum Gasteiger partial charge on any atom is -0.489 e. The number of hydrogen-bond donors (Lipinski definition) is 2. The summed E-state index contributed by atoms with van der Waals surface area (Å²) in [6.07, 6.45) is 1.12. The number of anilines is 1. The normalized spacial score (nSPS) is 12.3. The Labute approximate surface area is 134 Å². The van der Waals surface area contributed by atoms with Crippen LogP contribution in [0.5, 0.6) is 5.75 Å². The predicted octanol–water partition coefficient (Wildman–Crippen LogP) is 3.85. The molecule has 1 aromatic heterocycles. The van der Waals surface area contributed by atoms with Crippen molar-refractivity contribution in [3.63, 3.8) is 0 Å². The molecule has 0 spiro atoms. The summed E-state index contributed by atoms with van der Waals surface area (Å²) in [6.45, 7) is 5.53. The highest BCUT2D eigenvalue weighted by atomic mass is 35.5. The van der Waals surface area contributed by atoms with Crippen LogP contribution in [-0.2, 0) is 13.1 Å². The van der Waals surface area contributed by atoms with Crippen molar-refractivity contribution in [1.82, 2.24) is 10.3 Å². The Hall–Kier alpha value is -1.30. The van der Waals surface area contributed by atoms with Gasteiger partial charge in [-0.1, -0.05) is 24.6 Å². The maximum Gasteiger partial charge on any atom is 0.180 e. The average Bonchev–Trinajstić information content (AvgIpc) is 2.87. The van der Waals surface area contributed by atoms with Crippen molar-refractivity contribution in [2.75, 3.05) is 5.73 Å². The number of nitrogens with two attached hydrogens (primary N) is 1. The van der Waals surface area contributed by atoms with E-state index in [1.807, 2.05) is 30.5 Å². The molecule has 1 aromatic carbocycles. The van der Waals surface area contributed by atoms with Crippen LogP contribution >= 0.6 is 22.9 Å². The van der Waals surface area contributed by atoms with Gasteiger partial charge in [0.2, 0.25) is 0 Å². The van der Waals surface area contributed by atoms with E-state index in [1.165, 1.54) is 11.3 Å². The highest BCUT2D eigenvalue weighted by molar-refractivity contribution is 7.13. The molecule has 0 saturated heterocycles. The number of thiazole rings is 1. The smallest absolute Gasteiger partial charge is 0.180 e. The summed E-state index contributed by atoms with van der Waals surface area (Å²) in [5.41, 5.74) is 7.67. The molecule has 114 valence electrons. The van der Waals surface area contributed by atoms with Crippen molar-refractivity contribution in [3.8, 4) is 5.75 Å². The van der Waals surface area contributed by atoms with Crippen LogP contribution in [0.3, 0.4) is 0 Å². The van der Waals surface area contributed by atoms with Crippen molar-refractivity contribution in [3.05, 3.63) is 39.9 Å². The van der Waals surface area contributed by atoms with Gasteiger partial charge in [-0.05, 0) is 31.0 Å². The molecular formula is C15H20ClN3OS. The zero-order chi connectivity index (χ0) is 15.2. The fraction of sp³-hybridized carbons (Fsp3) is 0.400. The molecule has 21 heavy (non-hydrogen) atoms. The Morgan fingerprint density at radius 3 is 2.86 bits per heavy atom. The van der Waals surface area contributed by atoms with Gasteiger partial charge in [-0.3, -0.25) is 0 Å². The van der Waals surface area contributed by atoms with E-state index in [0.717, 1.165) is 30.0 Å². The highest BCUT2D eigenvalue weighted by Gasteiger charge is 2.07. The lowest BCUT2D eigenvalue weighted by atomic mass is 10.2. The molecular weight excluding hydrogens is 306 g/mol. The largest absolute Gasteiger partial charge is 0.489 e. The van der Waals surface area contributed by atoms with Gasteiger partial charge < -0.3 is 15.8 Å². The second-order valence-corrected chi connectivity index (χ2v) is 6.18. The summed E-state index contributed by atoms with van der Waals surface area (Å²) in [5.74, 6) is 0.738. The maximum absolute atomic E-state index is 6.25. The van der Waals surface area contributed by atoms with Crippen LogP contribution in [0.25, 0.3) is 0 Å². The number of rotatable bonds is 7. The van der Waals surface area contributed by atoms with Gasteiger partial charge >= 0.3 is 0 Å². The van der Waals surface area contributed by atoms with E-state index in [1.54, 1.807) is 0 Å². The van der Waals surface area contributed by atoms with Gasteiger partial charge in [0.1, 0.15) is 5.75 Å². The van der Waals surface area contributed by atoms with E-state index in [-0.39, 0.29) is 6.10 Å². The van der Waals surface area contributed by atoms with Crippen LogP contribution in [0.2, 0.25) is 5.02 Å². The van der Waals surface area contributed by atoms with Crippen LogP contribution in [0, 0.1) is 0 Å². The predicted molar refractivity (Wildman–Crippen MR) is 88.9 cm³/mol. The van der Waals surface area contributed by atoms with Crippen LogP contribution in [0.4, 0.5) is 5.13 Å². The van der Waals surface area contributed by atoms with Gasteiger partial charge in [0.25, 0.3) is 0 Å². The number of benzene rings is 1. The summed E-state index contributed by atoms with van der Waals surface area (Å²) < 4.78 is 5.75. The molecule has 0 amide bonds. The lowest BCUT2D eigenvalue weighted by Crippen LogP contribution is -2.13. The van der Waals surface area contributed by atoms with Crippen molar-refractivity contribution in [2.45, 2.75) is 39.5 Å². The Balaban J connectivity index is 1.88. The van der Waals surface area contributed by atoms with Crippen molar-refractivity contribution in [1.29, 1.82) is 0 Å². The molecule has 1 unspecified atom stereocenters. The second-order valence-electron chi connectivity index (χ2n) is 4.88. The lowest BCUT2D eigenvalue weighted by molar-refractivity contribution is 0.217. The third-order valence-electron chi connectivity index (χ3n) is 3.10. The first-order chi connectivity index (χ1) is 10.1. The van der Waals surface area contributed by atoms with E-state index < -0.39 is 0 Å². The molecule has 2 rings (SSSR count). The second kappa shape index (κ2) is 7.64. The molecule has 1 heterocycles. The summed E-state index contributed by atoms with van der Waals surface area (Å²) in [4.78, 5) is 4.20. The monoisotopic (exact) mass is 325 g/mol. The Bertz CT molecular complexity index is 588. The molecule has 0 aliphatic rings. The first-order valence-electron chi connectivity index (χ1n) is 6.94. The maximum atomic E-state index is 6.25. The molecule has 4 nitrogen and oxygen atoms in total. The SMILES string of the molecule is CCC(C)Oc1ccc(CNCc2csc(N)n2)cc1Cl. The lowest BCUT2D eigenvalue weighted by Gasteiger charge is -2.14. The van der Waals surface area contributed by atoms with E-state index in [0.29, 0.717) is 16.7 Å². The van der Waals surface area contributed by atoms with Crippen LogP contribution in [0.1, 0.15) is 31.5 Å². The summed E-state index contributed by atoms with van der Waals surface area (Å²) >= 11 is 7.70. The van der Waals surface area contributed by atoms with Crippen LogP contribution in [0.15, 0.2) is 23.6 Å². The minimum atomic E-state index is 0.168. The highest BCUT2D eigenvalue weighted by Crippen LogP contribution is 2.26. The van der Waals surface area contributed by atoms with Gasteiger partial charge in [0, 0.05) is 18.5 Å². The molecule has 0 aliphatic carbocycles. The number of nitrogens with one attached hydrogen (secondary N) is 1. The third kappa shape index (κ3) is 4.88. The van der Waals surface area contributed by atoms with Gasteiger partial charge in [-0.15, -0.1) is 11.3 Å². The quantitative estimate of drug-likeness (QED) is 0.811. The summed E-state index contributed by atoms with van der Waals surface area (Å²) in [7, 11) is 0. The van der Waals surface area contributed by atoms with Crippen molar-refractivity contribution < 1.29 is 4.74 Å². The zero-order valence-electron chi connectivity index (χ0n) is 12.2. The fourth-order valence-electron chi connectivity index (χ4n) is 1.79. The fourth-order valence-corrected chi connectivity index (χ4v) is 2.60. The first-order valence-corrected chi connectivity index (χ1v) is 8.20. The third-order valence-corrected chi connectivity index (χ3v) is 4.12. The molecule has 1 atom stereocenters. The number of hydrogen-bond acceptors (Lipinski definition) is 5. The first kappa shape index (κ1) is 16.1. The summed E-state index contributed by atoms with van der Waals surface area (Å²) in [5, 5.41) is 6.52. The van der Waals surface area contributed by atoms with Crippen LogP contribution in [-0.4, -0.2) is 11.1 Å². The van der Waals surface area contributed by atoms with E-state index >= 15 is 0 Å². The van der Waals surface area contributed by atoms with Gasteiger partial charge in [-0.25, -0.2) is 4.98 Å². The number of aromatic nitrogens is 1. The molecule has 0 aliphatic heterocycles. The number of ether oxygens (including phenoxy) is 1. The Morgan fingerprint density at radius 2 is 2.24 bits per heavy atom. The Morgan fingerprint density at radius 1 is 1.43 bits per heavy atom. The number of nitrogen functional groups attached to an aromatic ring is 1. The van der Waals surface area contributed by atoms with E-state index in [2.05, 4.69) is 17.2 Å². The number of halogens is 1. The van der Waals surface area contributed by atoms with Crippen LogP contribution < -0.4 is 15.8 Å². The molecule has 2 aromatic rings. The van der Waals surface area contributed by atoms with Gasteiger partial charge in [0.05, 0.1) is 16.8 Å². The topological polar surface area (TPSA) is 60.2 Å². The molecule has 0 fully saturated rings. The van der Waals surface area contributed by atoms with Crippen molar-refractivity contribution >= 4 is 28.1 Å². The van der Waals surface area contributed by atoms with E-state index in [4.69, 9.17) is 22.1 Å². The molecule has 0 radical (unpaired) electrons.